The van der Waals surface area contributed by atoms with E-state index in [4.69, 9.17) is 9.15 Å². The molecule has 4 heterocycles. The first kappa shape index (κ1) is 34.4. The first-order valence-electron chi connectivity index (χ1n) is 17.3. The van der Waals surface area contributed by atoms with Crippen LogP contribution in [0.1, 0.15) is 44.1 Å². The Balaban J connectivity index is 1.09. The maximum atomic E-state index is 16.0. The molecule has 4 aromatic rings. The van der Waals surface area contributed by atoms with Gasteiger partial charge in [-0.05, 0) is 50.7 Å². The number of halogens is 4. The second kappa shape index (κ2) is 14.0. The molecule has 268 valence electrons. The Kier molecular flexibility index (Phi) is 9.61. The first-order chi connectivity index (χ1) is 23.9. The van der Waals surface area contributed by atoms with Gasteiger partial charge in [0.25, 0.3) is 0 Å². The summed E-state index contributed by atoms with van der Waals surface area (Å²) in [6.07, 6.45) is -0.0514. The molecule has 14 heteroatoms. The van der Waals surface area contributed by atoms with Crippen LogP contribution in [0.25, 0.3) is 33.5 Å². The van der Waals surface area contributed by atoms with Gasteiger partial charge in [0.2, 0.25) is 11.8 Å². The van der Waals surface area contributed by atoms with Crippen LogP contribution < -0.4 is 0 Å². The molecule has 0 bridgehead atoms. The van der Waals surface area contributed by atoms with Gasteiger partial charge >= 0.3 is 12.1 Å². The van der Waals surface area contributed by atoms with Crippen LogP contribution in [0, 0.1) is 11.7 Å². The number of benzene rings is 2. The maximum absolute atomic E-state index is 16.0. The van der Waals surface area contributed by atoms with E-state index in [1.807, 2.05) is 47.0 Å². The number of aromatic nitrogens is 2. The number of hydrogen-bond acceptors (Lipinski definition) is 7. The Morgan fingerprint density at radius 1 is 1.02 bits per heavy atom. The van der Waals surface area contributed by atoms with Crippen molar-refractivity contribution in [1.82, 2.24) is 24.3 Å². The molecule has 10 nitrogen and oxygen atoms in total. The number of carboxylic acids is 1. The molecule has 2 saturated heterocycles. The Labute approximate surface area is 286 Å². The number of hydrogen-bond donors (Lipinski definition) is 1. The lowest BCUT2D eigenvalue weighted by Crippen LogP contribution is -2.59. The fourth-order valence-corrected chi connectivity index (χ4v) is 7.92. The Morgan fingerprint density at radius 3 is 2.48 bits per heavy atom. The summed E-state index contributed by atoms with van der Waals surface area (Å²) in [5, 5.41) is 10.4. The van der Waals surface area contributed by atoms with Crippen molar-refractivity contribution in [2.24, 2.45) is 13.0 Å². The fourth-order valence-electron chi connectivity index (χ4n) is 7.92. The number of carboxylic acid groups (broad SMARTS) is 1. The van der Waals surface area contributed by atoms with Gasteiger partial charge in [-0.15, -0.1) is 0 Å². The van der Waals surface area contributed by atoms with E-state index in [-0.39, 0.29) is 54.6 Å². The predicted octanol–water partition coefficient (Wildman–Crippen LogP) is 5.83. The summed E-state index contributed by atoms with van der Waals surface area (Å²) in [7, 11) is 1.91. The number of carbonyl (C=O) groups excluding carboxylic acids is 1. The number of para-hydroxylation sites is 1. The predicted molar refractivity (Wildman–Crippen MR) is 177 cm³/mol. The van der Waals surface area contributed by atoms with Gasteiger partial charge in [-0.2, -0.15) is 13.2 Å². The van der Waals surface area contributed by atoms with Crippen molar-refractivity contribution in [1.29, 1.82) is 0 Å². The molecule has 3 aliphatic rings. The van der Waals surface area contributed by atoms with Crippen LogP contribution in [-0.2, 0) is 27.8 Å². The monoisotopic (exact) mass is 699 g/mol. The number of oxazole rings is 1. The molecule has 1 N–H and O–H groups in total. The summed E-state index contributed by atoms with van der Waals surface area (Å²) < 4.78 is 69.9. The number of nitrogens with zero attached hydrogens (tertiary/aromatic N) is 5. The molecule has 1 saturated carbocycles. The minimum absolute atomic E-state index is 0.0221. The summed E-state index contributed by atoms with van der Waals surface area (Å²) >= 11 is 0. The van der Waals surface area contributed by atoms with Crippen LogP contribution in [0.4, 0.5) is 17.6 Å². The third-order valence-corrected chi connectivity index (χ3v) is 10.5. The minimum atomic E-state index is -4.29. The van der Waals surface area contributed by atoms with Crippen molar-refractivity contribution in [2.45, 2.75) is 69.5 Å². The highest BCUT2D eigenvalue weighted by atomic mass is 19.4. The van der Waals surface area contributed by atoms with Gasteiger partial charge in [0.05, 0.1) is 36.6 Å². The molecule has 2 aromatic carbocycles. The third-order valence-electron chi connectivity index (χ3n) is 10.5. The van der Waals surface area contributed by atoms with E-state index in [1.165, 1.54) is 4.90 Å². The van der Waals surface area contributed by atoms with Gasteiger partial charge in [-0.1, -0.05) is 24.3 Å². The first-order valence-corrected chi connectivity index (χ1v) is 17.3. The summed E-state index contributed by atoms with van der Waals surface area (Å²) in [5.74, 6) is -1.89. The number of carbonyl (C=O) groups is 2. The molecule has 2 unspecified atom stereocenters. The topological polar surface area (TPSA) is 104 Å². The molecule has 2 atom stereocenters. The summed E-state index contributed by atoms with van der Waals surface area (Å²) in [6, 6.07) is 10.6. The Morgan fingerprint density at radius 2 is 1.76 bits per heavy atom. The van der Waals surface area contributed by atoms with E-state index in [0.717, 1.165) is 16.5 Å². The van der Waals surface area contributed by atoms with Crippen LogP contribution in [0.2, 0.25) is 0 Å². The molecule has 3 fully saturated rings. The zero-order valence-corrected chi connectivity index (χ0v) is 27.9. The molecule has 0 radical (unpaired) electrons. The zero-order chi connectivity index (χ0) is 35.2. The maximum Gasteiger partial charge on any atom is 0.401 e. The van der Waals surface area contributed by atoms with E-state index in [9.17, 15) is 27.9 Å². The normalized spacial score (nSPS) is 23.2. The number of ether oxygens (including phenoxy) is 1. The number of fused-ring (bicyclic) bond motifs is 2. The van der Waals surface area contributed by atoms with Crippen molar-refractivity contribution in [3.05, 3.63) is 54.0 Å². The molecular formula is C36H41F4N5O5. The lowest BCUT2D eigenvalue weighted by atomic mass is 9.87. The largest absolute Gasteiger partial charge is 0.481 e. The van der Waals surface area contributed by atoms with Crippen LogP contribution in [0.5, 0.6) is 0 Å². The number of aliphatic carboxylic acids is 1. The molecular weight excluding hydrogens is 658 g/mol. The van der Waals surface area contributed by atoms with Gasteiger partial charge in [-0.3, -0.25) is 19.4 Å². The summed E-state index contributed by atoms with van der Waals surface area (Å²) in [4.78, 5) is 35.1. The lowest BCUT2D eigenvalue weighted by molar-refractivity contribution is -0.173. The average molecular weight is 700 g/mol. The van der Waals surface area contributed by atoms with E-state index in [1.54, 1.807) is 17.0 Å². The van der Waals surface area contributed by atoms with Gasteiger partial charge in [0.1, 0.15) is 11.7 Å². The molecule has 2 aliphatic heterocycles. The van der Waals surface area contributed by atoms with E-state index >= 15 is 4.39 Å². The zero-order valence-electron chi connectivity index (χ0n) is 27.9. The minimum Gasteiger partial charge on any atom is -0.481 e. The number of rotatable bonds is 9. The van der Waals surface area contributed by atoms with Crippen molar-refractivity contribution in [2.75, 3.05) is 39.3 Å². The highest BCUT2D eigenvalue weighted by Crippen LogP contribution is 2.35. The van der Waals surface area contributed by atoms with Crippen LogP contribution >= 0.6 is 0 Å². The number of amides is 1. The van der Waals surface area contributed by atoms with E-state index in [0.29, 0.717) is 63.7 Å². The number of alkyl halides is 3. The second-order valence-corrected chi connectivity index (χ2v) is 13.8. The molecule has 1 amide bonds. The second-order valence-electron chi connectivity index (χ2n) is 13.8. The molecule has 50 heavy (non-hydrogen) atoms. The van der Waals surface area contributed by atoms with E-state index < -0.39 is 36.7 Å². The quantitative estimate of drug-likeness (QED) is 0.218. The van der Waals surface area contributed by atoms with E-state index in [2.05, 4.69) is 4.98 Å². The molecule has 2 aromatic heterocycles. The highest BCUT2D eigenvalue weighted by Gasteiger charge is 2.42. The van der Waals surface area contributed by atoms with Crippen LogP contribution in [-0.4, -0.2) is 105 Å². The van der Waals surface area contributed by atoms with Gasteiger partial charge in [-0.25, -0.2) is 9.37 Å². The number of likely N-dealkylation sites (tertiary alicyclic amines) is 1. The fraction of sp³-hybridized carbons (Fsp3) is 0.528. The van der Waals surface area contributed by atoms with Crippen molar-refractivity contribution in [3.8, 4) is 11.5 Å². The van der Waals surface area contributed by atoms with Crippen LogP contribution in [0.3, 0.4) is 0 Å². The SMILES string of the molecule is Cn1cc(-c2nc3ccc(CC(=O)N4CCCC4C(OC4CCC(C(=O)O)CC4)N4CCN(CC(F)(F)F)CC4)c(F)c3o2)c2ccccc21. The van der Waals surface area contributed by atoms with Crippen molar-refractivity contribution >= 4 is 33.9 Å². The van der Waals surface area contributed by atoms with Crippen molar-refractivity contribution in [3.63, 3.8) is 0 Å². The number of piperazine rings is 1. The van der Waals surface area contributed by atoms with Gasteiger partial charge < -0.3 is 23.7 Å². The Hall–Kier alpha value is -4.01. The van der Waals surface area contributed by atoms with Gasteiger partial charge in [0, 0.05) is 62.4 Å². The smallest absolute Gasteiger partial charge is 0.401 e. The summed E-state index contributed by atoms with van der Waals surface area (Å²) in [5.41, 5.74) is 2.22. The number of aryl methyl sites for hydroxylation is 1. The molecule has 0 spiro atoms. The standard InChI is InChI=1S/C36H41F4N5O5/c1-42-20-26(25-5-2-3-6-28(25)42)33-41-27-13-10-23(31(37)32(27)50-33)19-30(46)45-14-4-7-29(45)34(49-24-11-8-22(9-12-24)35(47)48)44-17-15-43(16-18-44)21-36(38,39)40/h2-3,5-6,10,13,20,22,24,29,34H,4,7-9,11-12,14-19,21H2,1H3,(H,47,48). The van der Waals surface area contributed by atoms with Crippen molar-refractivity contribution < 1.29 is 41.4 Å². The highest BCUT2D eigenvalue weighted by molar-refractivity contribution is 5.95. The van der Waals surface area contributed by atoms with Gasteiger partial charge in [0.15, 0.2) is 11.4 Å². The summed E-state index contributed by atoms with van der Waals surface area (Å²) in [6.45, 7) is 0.535. The Bertz CT molecular complexity index is 1860. The lowest BCUT2D eigenvalue weighted by Gasteiger charge is -2.45. The molecule has 7 rings (SSSR count). The average Bonchev–Trinajstić information content (AvgIpc) is 3.83. The molecule has 1 aliphatic carbocycles. The van der Waals surface area contributed by atoms with Crippen LogP contribution in [0.15, 0.2) is 47.0 Å². The third kappa shape index (κ3) is 7.10.